The van der Waals surface area contributed by atoms with Crippen LogP contribution < -0.4 is 5.32 Å². The van der Waals surface area contributed by atoms with Gasteiger partial charge in [0, 0.05) is 12.1 Å². The number of hydrogen-bond acceptors (Lipinski definition) is 2. The molecule has 0 aliphatic carbocycles. The fourth-order valence-corrected chi connectivity index (χ4v) is 1.00. The summed E-state index contributed by atoms with van der Waals surface area (Å²) in [6.45, 7) is 8.73. The summed E-state index contributed by atoms with van der Waals surface area (Å²) in [6.07, 6.45) is 4.16. The van der Waals surface area contributed by atoms with Gasteiger partial charge in [-0.2, -0.15) is 0 Å². The molecule has 1 heterocycles. The van der Waals surface area contributed by atoms with Crippen molar-refractivity contribution >= 4 is 0 Å². The molecule has 10 heavy (non-hydrogen) atoms. The van der Waals surface area contributed by atoms with Gasteiger partial charge in [0.1, 0.15) is 0 Å². The van der Waals surface area contributed by atoms with Gasteiger partial charge in [-0.1, -0.05) is 6.08 Å². The predicted molar refractivity (Wildman–Crippen MR) is 43.6 cm³/mol. The Labute approximate surface area is 62.9 Å². The van der Waals surface area contributed by atoms with Crippen molar-refractivity contribution in [3.05, 3.63) is 12.3 Å². The third-order valence-corrected chi connectivity index (χ3v) is 1.79. The van der Waals surface area contributed by atoms with Gasteiger partial charge in [-0.15, -0.1) is 0 Å². The molecule has 0 aromatic heterocycles. The van der Waals surface area contributed by atoms with Crippen LogP contribution in [0.2, 0.25) is 0 Å². The molecule has 1 aliphatic rings. The lowest BCUT2D eigenvalue weighted by Gasteiger charge is -2.36. The Morgan fingerprint density at radius 2 is 2.10 bits per heavy atom. The summed E-state index contributed by atoms with van der Waals surface area (Å²) < 4.78 is 0. The molecule has 0 aromatic carbocycles. The zero-order valence-corrected chi connectivity index (χ0v) is 7.02. The van der Waals surface area contributed by atoms with E-state index in [2.05, 4.69) is 37.1 Å². The zero-order valence-electron chi connectivity index (χ0n) is 7.02. The van der Waals surface area contributed by atoms with E-state index in [1.807, 2.05) is 6.20 Å². The second kappa shape index (κ2) is 2.62. The lowest BCUT2D eigenvalue weighted by atomic mass is 10.1. The van der Waals surface area contributed by atoms with Crippen LogP contribution >= 0.6 is 0 Å². The highest BCUT2D eigenvalue weighted by atomic mass is 15.3. The van der Waals surface area contributed by atoms with Crippen molar-refractivity contribution in [2.75, 3.05) is 13.2 Å². The van der Waals surface area contributed by atoms with Crippen LogP contribution in [0.1, 0.15) is 20.8 Å². The first-order chi connectivity index (χ1) is 4.61. The Bertz CT molecular complexity index is 133. The van der Waals surface area contributed by atoms with Gasteiger partial charge in [0.25, 0.3) is 0 Å². The highest BCUT2D eigenvalue weighted by Crippen LogP contribution is 2.12. The highest BCUT2D eigenvalue weighted by molar-refractivity contribution is 4.91. The quantitative estimate of drug-likeness (QED) is 0.543. The lowest BCUT2D eigenvalue weighted by molar-refractivity contribution is 0.141. The molecule has 1 aliphatic heterocycles. The standard InChI is InChI=1S/C8H16N2/c1-8(2,3)10-6-4-5-9-7-10/h4-5,9H,6-7H2,1-3H3. The normalized spacial score (nSPS) is 20.7. The number of rotatable bonds is 0. The van der Waals surface area contributed by atoms with Crippen LogP contribution in [0.5, 0.6) is 0 Å². The van der Waals surface area contributed by atoms with Crippen LogP contribution in [0.25, 0.3) is 0 Å². The Morgan fingerprint density at radius 1 is 1.40 bits per heavy atom. The van der Waals surface area contributed by atoms with Gasteiger partial charge in [-0.3, -0.25) is 4.90 Å². The fourth-order valence-electron chi connectivity index (χ4n) is 1.00. The van der Waals surface area contributed by atoms with Crippen molar-refractivity contribution in [1.82, 2.24) is 10.2 Å². The molecule has 0 radical (unpaired) electrons. The summed E-state index contributed by atoms with van der Waals surface area (Å²) in [7, 11) is 0. The molecule has 0 saturated heterocycles. The summed E-state index contributed by atoms with van der Waals surface area (Å²) in [6, 6.07) is 0. The molecule has 58 valence electrons. The van der Waals surface area contributed by atoms with Gasteiger partial charge in [0.05, 0.1) is 6.67 Å². The van der Waals surface area contributed by atoms with Gasteiger partial charge >= 0.3 is 0 Å². The van der Waals surface area contributed by atoms with Crippen LogP contribution in [0.15, 0.2) is 12.3 Å². The van der Waals surface area contributed by atoms with Crippen LogP contribution in [-0.4, -0.2) is 23.7 Å². The molecule has 0 aromatic rings. The van der Waals surface area contributed by atoms with Gasteiger partial charge < -0.3 is 5.32 Å². The average Bonchev–Trinajstić information content (AvgIpc) is 1.88. The van der Waals surface area contributed by atoms with Crippen LogP contribution in [-0.2, 0) is 0 Å². The van der Waals surface area contributed by atoms with Crippen molar-refractivity contribution in [3.8, 4) is 0 Å². The Balaban J connectivity index is 2.49. The SMILES string of the molecule is CC(C)(C)N1CC=CNC1. The summed E-state index contributed by atoms with van der Waals surface area (Å²) in [5.74, 6) is 0. The largest absolute Gasteiger partial charge is 0.378 e. The number of hydrogen-bond donors (Lipinski definition) is 1. The second-order valence-corrected chi connectivity index (χ2v) is 3.66. The number of nitrogens with zero attached hydrogens (tertiary/aromatic N) is 1. The maximum Gasteiger partial charge on any atom is 0.0680 e. The third kappa shape index (κ3) is 1.74. The van der Waals surface area contributed by atoms with Crippen LogP contribution in [0.3, 0.4) is 0 Å². The van der Waals surface area contributed by atoms with E-state index in [9.17, 15) is 0 Å². The third-order valence-electron chi connectivity index (χ3n) is 1.79. The van der Waals surface area contributed by atoms with Crippen molar-refractivity contribution in [3.63, 3.8) is 0 Å². The smallest absolute Gasteiger partial charge is 0.0680 e. The van der Waals surface area contributed by atoms with Crippen LogP contribution in [0, 0.1) is 0 Å². The van der Waals surface area contributed by atoms with E-state index in [-0.39, 0.29) is 5.54 Å². The van der Waals surface area contributed by atoms with Gasteiger partial charge in [-0.25, -0.2) is 0 Å². The molecule has 0 spiro atoms. The Kier molecular flexibility index (Phi) is 2.00. The summed E-state index contributed by atoms with van der Waals surface area (Å²) in [4.78, 5) is 2.38. The first-order valence-corrected chi connectivity index (χ1v) is 3.74. The first kappa shape index (κ1) is 7.61. The Morgan fingerprint density at radius 3 is 2.40 bits per heavy atom. The summed E-state index contributed by atoms with van der Waals surface area (Å²) >= 11 is 0. The molecule has 0 bridgehead atoms. The van der Waals surface area contributed by atoms with Crippen LogP contribution in [0.4, 0.5) is 0 Å². The molecule has 0 atom stereocenters. The summed E-state index contributed by atoms with van der Waals surface area (Å²) in [5.41, 5.74) is 0.289. The van der Waals surface area contributed by atoms with Gasteiger partial charge in [0.15, 0.2) is 0 Å². The average molecular weight is 140 g/mol. The maximum atomic E-state index is 3.19. The molecule has 2 heteroatoms. The van der Waals surface area contributed by atoms with Crippen molar-refractivity contribution < 1.29 is 0 Å². The van der Waals surface area contributed by atoms with E-state index in [1.165, 1.54) is 0 Å². The lowest BCUT2D eigenvalue weighted by Crippen LogP contribution is -2.47. The molecule has 0 amide bonds. The predicted octanol–water partition coefficient (Wildman–Crippen LogP) is 1.16. The zero-order chi connectivity index (χ0) is 7.61. The molecule has 1 N–H and O–H groups in total. The number of nitrogens with one attached hydrogen (secondary N) is 1. The molecular formula is C8H16N2. The minimum absolute atomic E-state index is 0.289. The molecule has 0 fully saturated rings. The topological polar surface area (TPSA) is 15.3 Å². The molecular weight excluding hydrogens is 124 g/mol. The van der Waals surface area contributed by atoms with E-state index < -0.39 is 0 Å². The van der Waals surface area contributed by atoms with Gasteiger partial charge in [-0.05, 0) is 27.0 Å². The fraction of sp³-hybridized carbons (Fsp3) is 0.750. The van der Waals surface area contributed by atoms with Crippen molar-refractivity contribution in [1.29, 1.82) is 0 Å². The van der Waals surface area contributed by atoms with E-state index in [1.54, 1.807) is 0 Å². The molecule has 1 rings (SSSR count). The Hall–Kier alpha value is -0.500. The first-order valence-electron chi connectivity index (χ1n) is 3.74. The molecule has 0 unspecified atom stereocenters. The monoisotopic (exact) mass is 140 g/mol. The van der Waals surface area contributed by atoms with Crippen molar-refractivity contribution in [2.45, 2.75) is 26.3 Å². The van der Waals surface area contributed by atoms with E-state index in [0.29, 0.717) is 0 Å². The molecule has 2 nitrogen and oxygen atoms in total. The minimum atomic E-state index is 0.289. The van der Waals surface area contributed by atoms with Gasteiger partial charge in [0.2, 0.25) is 0 Å². The van der Waals surface area contributed by atoms with Crippen molar-refractivity contribution in [2.24, 2.45) is 0 Å². The summed E-state index contributed by atoms with van der Waals surface area (Å²) in [5, 5.41) is 3.19. The highest BCUT2D eigenvalue weighted by Gasteiger charge is 2.20. The second-order valence-electron chi connectivity index (χ2n) is 3.66. The van der Waals surface area contributed by atoms with E-state index in [4.69, 9.17) is 0 Å². The minimum Gasteiger partial charge on any atom is -0.378 e. The van der Waals surface area contributed by atoms with E-state index in [0.717, 1.165) is 13.2 Å². The van der Waals surface area contributed by atoms with E-state index >= 15 is 0 Å². The maximum absolute atomic E-state index is 3.19. The molecule has 0 saturated carbocycles.